The van der Waals surface area contributed by atoms with Crippen molar-refractivity contribution >= 4 is 5.69 Å². The van der Waals surface area contributed by atoms with Gasteiger partial charge < -0.3 is 54.7 Å². The number of hydrogen-bond donors (Lipinski definition) is 7. The van der Waals surface area contributed by atoms with Crippen molar-refractivity contribution < 1.29 is 59.6 Å². The third kappa shape index (κ3) is 4.99. The number of hydrogen-bond acceptors (Lipinski definition) is 13. The Bertz CT molecular complexity index is 762. The molecule has 10 atom stereocenters. The minimum Gasteiger partial charge on any atom is -0.462 e. The molecular formula is C18H25NO13. The van der Waals surface area contributed by atoms with Crippen molar-refractivity contribution in [2.24, 2.45) is 0 Å². The highest BCUT2D eigenvalue weighted by atomic mass is 16.8. The molecular weight excluding hydrogens is 438 g/mol. The Morgan fingerprint density at radius 2 is 1.34 bits per heavy atom. The number of aliphatic hydroxyl groups is 7. The monoisotopic (exact) mass is 463 g/mol. The molecule has 0 aliphatic carbocycles. The lowest BCUT2D eigenvalue weighted by Crippen LogP contribution is -2.65. The van der Waals surface area contributed by atoms with Crippen molar-refractivity contribution in [1.82, 2.24) is 0 Å². The van der Waals surface area contributed by atoms with Crippen LogP contribution in [0, 0.1) is 10.1 Å². The summed E-state index contributed by atoms with van der Waals surface area (Å²) in [7, 11) is 0. The van der Waals surface area contributed by atoms with Gasteiger partial charge in [0.2, 0.25) is 6.29 Å². The number of nitrogens with zero attached hydrogens (tertiary/aromatic N) is 1. The zero-order valence-electron chi connectivity index (χ0n) is 16.5. The summed E-state index contributed by atoms with van der Waals surface area (Å²) in [4.78, 5) is 10.2. The van der Waals surface area contributed by atoms with E-state index in [0.29, 0.717) is 0 Å². The summed E-state index contributed by atoms with van der Waals surface area (Å²) in [5, 5.41) is 80.3. The van der Waals surface area contributed by atoms with Gasteiger partial charge in [-0.1, -0.05) is 0 Å². The van der Waals surface area contributed by atoms with E-state index in [0.717, 1.165) is 12.1 Å². The van der Waals surface area contributed by atoms with Crippen LogP contribution < -0.4 is 4.74 Å². The third-order valence-electron chi connectivity index (χ3n) is 5.26. The van der Waals surface area contributed by atoms with Gasteiger partial charge >= 0.3 is 0 Å². The van der Waals surface area contributed by atoms with Gasteiger partial charge in [0.1, 0.15) is 48.5 Å². The largest absolute Gasteiger partial charge is 0.462 e. The van der Waals surface area contributed by atoms with Crippen molar-refractivity contribution in [1.29, 1.82) is 0 Å². The lowest BCUT2D eigenvalue weighted by atomic mass is 9.97. The molecule has 2 aliphatic heterocycles. The van der Waals surface area contributed by atoms with Gasteiger partial charge in [-0.3, -0.25) is 10.1 Å². The highest BCUT2D eigenvalue weighted by Gasteiger charge is 2.51. The van der Waals surface area contributed by atoms with E-state index in [1.54, 1.807) is 0 Å². The van der Waals surface area contributed by atoms with E-state index < -0.39 is 79.5 Å². The number of nitro benzene ring substituents is 1. The summed E-state index contributed by atoms with van der Waals surface area (Å²) >= 11 is 0. The maximum absolute atomic E-state index is 10.8. The molecule has 1 aromatic carbocycles. The third-order valence-corrected chi connectivity index (χ3v) is 5.26. The van der Waals surface area contributed by atoms with Gasteiger partial charge in [0.05, 0.1) is 18.1 Å². The number of ether oxygens (including phenoxy) is 4. The van der Waals surface area contributed by atoms with Crippen LogP contribution in [-0.4, -0.2) is 115 Å². The van der Waals surface area contributed by atoms with Crippen molar-refractivity contribution in [3.8, 4) is 5.75 Å². The number of benzene rings is 1. The zero-order valence-corrected chi connectivity index (χ0v) is 16.5. The molecule has 2 aliphatic rings. The predicted molar refractivity (Wildman–Crippen MR) is 100 cm³/mol. The van der Waals surface area contributed by atoms with Gasteiger partial charge in [-0.15, -0.1) is 0 Å². The first-order valence-electron chi connectivity index (χ1n) is 9.67. The van der Waals surface area contributed by atoms with E-state index in [1.165, 1.54) is 12.1 Å². The lowest BCUT2D eigenvalue weighted by Gasteiger charge is -2.45. The van der Waals surface area contributed by atoms with E-state index >= 15 is 0 Å². The fraction of sp³-hybridized carbons (Fsp3) is 0.667. The van der Waals surface area contributed by atoms with Crippen LogP contribution in [0.25, 0.3) is 0 Å². The van der Waals surface area contributed by atoms with E-state index in [1.807, 2.05) is 0 Å². The number of non-ortho nitro benzene ring substituents is 1. The van der Waals surface area contributed by atoms with Crippen LogP contribution in [-0.2, 0) is 14.2 Å². The summed E-state index contributed by atoms with van der Waals surface area (Å²) in [6, 6.07) is 4.80. The molecule has 2 saturated heterocycles. The molecule has 0 aromatic heterocycles. The fourth-order valence-corrected chi connectivity index (χ4v) is 3.41. The van der Waals surface area contributed by atoms with Gasteiger partial charge in [-0.2, -0.15) is 0 Å². The average Bonchev–Trinajstić information content (AvgIpc) is 2.78. The second kappa shape index (κ2) is 10.3. The molecule has 2 fully saturated rings. The SMILES string of the molecule is O=[N+]([O-])c1ccc(O[C@H]2O[C@H](CO)[C@@H](O)[C@H](O)[C@@H]2O[C@H]2O[C@H](CO)[C@H](O)[C@H](O)[C@H]2O)cc1. The molecule has 0 spiro atoms. The number of nitro groups is 1. The number of aliphatic hydroxyl groups excluding tert-OH is 7. The molecule has 0 bridgehead atoms. The minimum atomic E-state index is -1.80. The molecule has 2 heterocycles. The molecule has 180 valence electrons. The smallest absolute Gasteiger partial charge is 0.269 e. The zero-order chi connectivity index (χ0) is 23.6. The normalized spacial score (nSPS) is 40.1. The maximum Gasteiger partial charge on any atom is 0.269 e. The summed E-state index contributed by atoms with van der Waals surface area (Å²) in [5.41, 5.74) is -0.209. The molecule has 0 radical (unpaired) electrons. The molecule has 0 saturated carbocycles. The van der Waals surface area contributed by atoms with Gasteiger partial charge in [0.15, 0.2) is 12.4 Å². The maximum atomic E-state index is 10.8. The van der Waals surface area contributed by atoms with Gasteiger partial charge in [-0.05, 0) is 12.1 Å². The van der Waals surface area contributed by atoms with Crippen LogP contribution in [0.15, 0.2) is 24.3 Å². The average molecular weight is 463 g/mol. The Hall–Kier alpha value is -1.98. The summed E-state index contributed by atoms with van der Waals surface area (Å²) in [5.74, 6) is 0.0586. The second-order valence-corrected chi connectivity index (χ2v) is 7.37. The highest BCUT2D eigenvalue weighted by Crippen LogP contribution is 2.31. The van der Waals surface area contributed by atoms with Crippen molar-refractivity contribution in [2.45, 2.75) is 61.4 Å². The Morgan fingerprint density at radius 1 is 0.812 bits per heavy atom. The van der Waals surface area contributed by atoms with Crippen LogP contribution in [0.5, 0.6) is 5.75 Å². The van der Waals surface area contributed by atoms with E-state index in [2.05, 4.69) is 0 Å². The van der Waals surface area contributed by atoms with Gasteiger partial charge in [0, 0.05) is 12.1 Å². The highest BCUT2D eigenvalue weighted by molar-refractivity contribution is 5.36. The van der Waals surface area contributed by atoms with Crippen LogP contribution >= 0.6 is 0 Å². The topological polar surface area (TPSA) is 222 Å². The van der Waals surface area contributed by atoms with Crippen LogP contribution in [0.4, 0.5) is 5.69 Å². The van der Waals surface area contributed by atoms with E-state index in [9.17, 15) is 45.9 Å². The van der Waals surface area contributed by atoms with Crippen molar-refractivity contribution in [3.63, 3.8) is 0 Å². The van der Waals surface area contributed by atoms with E-state index in [-0.39, 0.29) is 11.4 Å². The molecule has 3 rings (SSSR count). The Morgan fingerprint density at radius 3 is 1.88 bits per heavy atom. The molecule has 0 amide bonds. The summed E-state index contributed by atoms with van der Waals surface area (Å²) in [6.07, 6.45) is -15.8. The second-order valence-electron chi connectivity index (χ2n) is 7.37. The van der Waals surface area contributed by atoms with Crippen molar-refractivity contribution in [3.05, 3.63) is 34.4 Å². The first-order valence-corrected chi connectivity index (χ1v) is 9.67. The lowest BCUT2D eigenvalue weighted by molar-refractivity contribution is -0.384. The van der Waals surface area contributed by atoms with Crippen molar-refractivity contribution in [2.75, 3.05) is 13.2 Å². The fourth-order valence-electron chi connectivity index (χ4n) is 3.41. The molecule has 0 unspecified atom stereocenters. The summed E-state index contributed by atoms with van der Waals surface area (Å²) in [6.45, 7) is -1.41. The standard InChI is InChI=1S/C18H25NO13/c20-5-9-11(22)13(24)15(26)17(30-9)32-16-14(25)12(23)10(6-21)31-18(16)29-8-3-1-7(2-4-8)19(27)28/h1-4,9-18,20-26H,5-6H2/t9-,10-,11+,12-,13+,14+,15-,16+,17-,18+/m1/s1. The number of rotatable bonds is 7. The quantitative estimate of drug-likeness (QED) is 0.155. The van der Waals surface area contributed by atoms with Crippen LogP contribution in [0.1, 0.15) is 0 Å². The van der Waals surface area contributed by atoms with Gasteiger partial charge in [0.25, 0.3) is 5.69 Å². The summed E-state index contributed by atoms with van der Waals surface area (Å²) < 4.78 is 21.8. The Balaban J connectivity index is 1.81. The molecule has 14 nitrogen and oxygen atoms in total. The molecule has 7 N–H and O–H groups in total. The van der Waals surface area contributed by atoms with Crippen LogP contribution in [0.3, 0.4) is 0 Å². The Labute approximate surface area is 180 Å². The molecule has 14 heteroatoms. The molecule has 32 heavy (non-hydrogen) atoms. The van der Waals surface area contributed by atoms with E-state index in [4.69, 9.17) is 18.9 Å². The minimum absolute atomic E-state index is 0.0586. The first-order chi connectivity index (χ1) is 15.2. The van der Waals surface area contributed by atoms with Gasteiger partial charge in [-0.25, -0.2) is 0 Å². The first kappa shape index (κ1) is 24.7. The van der Waals surface area contributed by atoms with Crippen LogP contribution in [0.2, 0.25) is 0 Å². The predicted octanol–water partition coefficient (Wildman–Crippen LogP) is -3.40. The Kier molecular flexibility index (Phi) is 7.94. The molecule has 1 aromatic rings.